The van der Waals surface area contributed by atoms with Gasteiger partial charge in [-0.05, 0) is 38.0 Å². The molecule has 1 atom stereocenters. The van der Waals surface area contributed by atoms with Crippen LogP contribution in [-0.4, -0.2) is 27.6 Å². The van der Waals surface area contributed by atoms with E-state index in [9.17, 15) is 14.7 Å². The van der Waals surface area contributed by atoms with Crippen LogP contribution >= 0.6 is 0 Å². The summed E-state index contributed by atoms with van der Waals surface area (Å²) in [5.74, 6) is 4.61. The van der Waals surface area contributed by atoms with Crippen LogP contribution in [0.25, 0.3) is 0 Å². The van der Waals surface area contributed by atoms with Gasteiger partial charge in [0.25, 0.3) is 0 Å². The summed E-state index contributed by atoms with van der Waals surface area (Å²) in [6.45, 7) is 8.76. The molecule has 0 saturated carbocycles. The van der Waals surface area contributed by atoms with Gasteiger partial charge in [0.2, 0.25) is 0 Å². The van der Waals surface area contributed by atoms with Gasteiger partial charge < -0.3 is 10.2 Å². The summed E-state index contributed by atoms with van der Waals surface area (Å²) in [6.07, 6.45) is 4.77. The number of Topliss-reactive ketones (excluding diaryl/α,β-unsaturated/α-hetero) is 1. The Bertz CT molecular complexity index is 665. The molecular weight excluding hydrogens is 292 g/mol. The molecule has 0 aliphatic heterocycles. The number of rotatable bonds is 4. The number of hydrogen-bond donors (Lipinski definition) is 2. The molecule has 4 nitrogen and oxygen atoms in total. The summed E-state index contributed by atoms with van der Waals surface area (Å²) < 4.78 is 0. The summed E-state index contributed by atoms with van der Waals surface area (Å²) in [6, 6.07) is 0. The van der Waals surface area contributed by atoms with E-state index < -0.39 is 17.0 Å². The number of carboxylic acids is 1. The first-order valence-electron chi connectivity index (χ1n) is 7.51. The quantitative estimate of drug-likeness (QED) is 0.475. The largest absolute Gasteiger partial charge is 0.478 e. The van der Waals surface area contributed by atoms with Gasteiger partial charge in [0.1, 0.15) is 5.60 Å². The van der Waals surface area contributed by atoms with Crippen LogP contribution in [0.2, 0.25) is 0 Å². The number of carboxylic acid groups (broad SMARTS) is 1. The molecule has 0 amide bonds. The average molecular weight is 316 g/mol. The lowest BCUT2D eigenvalue weighted by Crippen LogP contribution is -2.49. The van der Waals surface area contributed by atoms with Crippen LogP contribution in [0.1, 0.15) is 47.5 Å². The van der Waals surface area contributed by atoms with E-state index in [1.165, 1.54) is 0 Å². The minimum Gasteiger partial charge on any atom is -0.478 e. The first kappa shape index (κ1) is 18.9. The van der Waals surface area contributed by atoms with Gasteiger partial charge in [-0.25, -0.2) is 4.79 Å². The molecular formula is C19H24O4. The fraction of sp³-hybridized carbons (Fsp3) is 0.474. The van der Waals surface area contributed by atoms with E-state index in [4.69, 9.17) is 5.11 Å². The molecule has 0 aromatic heterocycles. The zero-order chi connectivity index (χ0) is 17.8. The maximum absolute atomic E-state index is 12.3. The van der Waals surface area contributed by atoms with Crippen LogP contribution in [0, 0.1) is 17.3 Å². The molecule has 0 fully saturated rings. The lowest BCUT2D eigenvalue weighted by Gasteiger charge is -2.45. The van der Waals surface area contributed by atoms with Crippen molar-refractivity contribution in [2.45, 2.75) is 53.1 Å². The lowest BCUT2D eigenvalue weighted by molar-refractivity contribution is -0.131. The van der Waals surface area contributed by atoms with Crippen molar-refractivity contribution in [1.29, 1.82) is 0 Å². The van der Waals surface area contributed by atoms with Gasteiger partial charge in [-0.15, -0.1) is 5.92 Å². The Morgan fingerprint density at radius 1 is 1.39 bits per heavy atom. The summed E-state index contributed by atoms with van der Waals surface area (Å²) in [5.41, 5.74) is -0.357. The molecule has 0 aromatic carbocycles. The molecule has 0 saturated heterocycles. The van der Waals surface area contributed by atoms with Crippen molar-refractivity contribution in [2.75, 3.05) is 0 Å². The third-order valence-corrected chi connectivity index (χ3v) is 4.38. The average Bonchev–Trinajstić information content (AvgIpc) is 2.42. The molecule has 124 valence electrons. The number of hydrogen-bond acceptors (Lipinski definition) is 3. The number of allylic oxidation sites excluding steroid dienone is 3. The third kappa shape index (κ3) is 4.00. The summed E-state index contributed by atoms with van der Waals surface area (Å²) in [5, 5.41) is 20.0. The molecule has 2 N–H and O–H groups in total. The standard InChI is InChI=1S/C19H24O4/c1-6-7-8-15-14(3)19(23,18(4,5)12-16(15)20)10-9-13(2)11-17(21)22/h9-11,23H,8,12H2,1-5H3,(H,21,22)/b10-9+,13-11-/t19-/m1/s1. The zero-order valence-electron chi connectivity index (χ0n) is 14.4. The van der Waals surface area contributed by atoms with E-state index in [1.807, 2.05) is 13.8 Å². The lowest BCUT2D eigenvalue weighted by atomic mass is 9.62. The molecule has 0 aromatic rings. The van der Waals surface area contributed by atoms with Gasteiger partial charge in [0, 0.05) is 29.9 Å². The minimum atomic E-state index is -1.32. The Morgan fingerprint density at radius 2 is 2.00 bits per heavy atom. The van der Waals surface area contributed by atoms with Crippen LogP contribution in [0.5, 0.6) is 0 Å². The summed E-state index contributed by atoms with van der Waals surface area (Å²) in [4.78, 5) is 23.1. The van der Waals surface area contributed by atoms with E-state index >= 15 is 0 Å². The Morgan fingerprint density at radius 3 is 2.52 bits per heavy atom. The Balaban J connectivity index is 3.38. The maximum atomic E-state index is 12.3. The van der Waals surface area contributed by atoms with Crippen LogP contribution in [0.3, 0.4) is 0 Å². The first-order valence-corrected chi connectivity index (χ1v) is 7.51. The highest BCUT2D eigenvalue weighted by Gasteiger charge is 2.49. The molecule has 23 heavy (non-hydrogen) atoms. The molecule has 1 aliphatic rings. The van der Waals surface area contributed by atoms with Crippen molar-refractivity contribution < 1.29 is 19.8 Å². The highest BCUT2D eigenvalue weighted by atomic mass is 16.4. The maximum Gasteiger partial charge on any atom is 0.328 e. The fourth-order valence-corrected chi connectivity index (χ4v) is 2.84. The topological polar surface area (TPSA) is 74.6 Å². The molecule has 0 radical (unpaired) electrons. The van der Waals surface area contributed by atoms with Crippen molar-refractivity contribution in [1.82, 2.24) is 0 Å². The van der Waals surface area contributed by atoms with Crippen molar-refractivity contribution in [3.63, 3.8) is 0 Å². The van der Waals surface area contributed by atoms with Gasteiger partial charge in [-0.3, -0.25) is 4.79 Å². The molecule has 1 aliphatic carbocycles. The third-order valence-electron chi connectivity index (χ3n) is 4.38. The minimum absolute atomic E-state index is 0.00567. The van der Waals surface area contributed by atoms with Crippen LogP contribution in [0.4, 0.5) is 0 Å². The number of carbonyl (C=O) groups is 2. The Labute approximate surface area is 137 Å². The van der Waals surface area contributed by atoms with E-state index in [0.717, 1.165) is 6.08 Å². The van der Waals surface area contributed by atoms with Crippen LogP contribution < -0.4 is 0 Å². The highest BCUT2D eigenvalue weighted by molar-refractivity contribution is 5.98. The molecule has 4 heteroatoms. The van der Waals surface area contributed by atoms with Crippen LogP contribution in [-0.2, 0) is 9.59 Å². The number of aliphatic carboxylic acids is 1. The van der Waals surface area contributed by atoms with Crippen molar-refractivity contribution in [3.05, 3.63) is 34.9 Å². The normalized spacial score (nSPS) is 24.6. The zero-order valence-corrected chi connectivity index (χ0v) is 14.4. The molecule has 0 heterocycles. The summed E-state index contributed by atoms with van der Waals surface area (Å²) >= 11 is 0. The van der Waals surface area contributed by atoms with Crippen molar-refractivity contribution in [3.8, 4) is 11.8 Å². The van der Waals surface area contributed by atoms with Gasteiger partial charge in [0.15, 0.2) is 5.78 Å². The highest BCUT2D eigenvalue weighted by Crippen LogP contribution is 2.47. The molecule has 0 bridgehead atoms. The number of carbonyl (C=O) groups excluding carboxylic acids is 1. The molecule has 0 spiro atoms. The van der Waals surface area contributed by atoms with Gasteiger partial charge in [-0.1, -0.05) is 25.8 Å². The predicted octanol–water partition coefficient (Wildman–Crippen LogP) is 3.03. The number of aliphatic hydroxyl groups is 1. The van der Waals surface area contributed by atoms with E-state index in [1.54, 1.807) is 32.9 Å². The SMILES string of the molecule is CC#CCC1=C(C)[C@](O)(/C=C/C(C)=C\C(=O)O)C(C)(C)CC1=O. The smallest absolute Gasteiger partial charge is 0.328 e. The molecule has 0 unspecified atom stereocenters. The second-order valence-electron chi connectivity index (χ2n) is 6.52. The Kier molecular flexibility index (Phi) is 5.74. The van der Waals surface area contributed by atoms with E-state index in [-0.39, 0.29) is 12.2 Å². The van der Waals surface area contributed by atoms with Gasteiger partial charge in [0.05, 0.1) is 0 Å². The Hall–Kier alpha value is -2.12. The van der Waals surface area contributed by atoms with Gasteiger partial charge >= 0.3 is 5.97 Å². The second-order valence-corrected chi connectivity index (χ2v) is 6.52. The molecule has 1 rings (SSSR count). The first-order chi connectivity index (χ1) is 10.5. The monoisotopic (exact) mass is 316 g/mol. The van der Waals surface area contributed by atoms with Crippen molar-refractivity contribution >= 4 is 11.8 Å². The second kappa shape index (κ2) is 6.97. The van der Waals surface area contributed by atoms with Crippen LogP contribution in [0.15, 0.2) is 34.9 Å². The summed E-state index contributed by atoms with van der Waals surface area (Å²) in [7, 11) is 0. The predicted molar refractivity (Wildman–Crippen MR) is 89.7 cm³/mol. The van der Waals surface area contributed by atoms with Crippen molar-refractivity contribution in [2.24, 2.45) is 5.41 Å². The van der Waals surface area contributed by atoms with E-state index in [0.29, 0.717) is 23.1 Å². The van der Waals surface area contributed by atoms with E-state index in [2.05, 4.69) is 11.8 Å². The number of ketones is 1. The fourth-order valence-electron chi connectivity index (χ4n) is 2.84. The van der Waals surface area contributed by atoms with Gasteiger partial charge in [-0.2, -0.15) is 0 Å².